The molecule has 5 rings (SSSR count). The summed E-state index contributed by atoms with van der Waals surface area (Å²) in [5.41, 5.74) is 1.80. The molecule has 1 saturated carbocycles. The summed E-state index contributed by atoms with van der Waals surface area (Å²) >= 11 is 0. The molecule has 2 unspecified atom stereocenters. The molecule has 160 valence electrons. The van der Waals surface area contributed by atoms with E-state index in [0.29, 0.717) is 22.9 Å². The van der Waals surface area contributed by atoms with E-state index < -0.39 is 11.5 Å². The molecule has 2 aromatic rings. The van der Waals surface area contributed by atoms with E-state index in [1.165, 1.54) is 0 Å². The number of nitrogens with one attached hydrogen (secondary N) is 1. The number of aliphatic hydroxyl groups excluding tert-OH is 1. The van der Waals surface area contributed by atoms with Gasteiger partial charge < -0.3 is 24.6 Å². The Balaban J connectivity index is 1.29. The number of allylic oxidation sites excluding steroid dienone is 2. The van der Waals surface area contributed by atoms with Crippen molar-refractivity contribution in [2.24, 2.45) is 0 Å². The number of rotatable bonds is 6. The lowest BCUT2D eigenvalue weighted by Gasteiger charge is -2.24. The maximum absolute atomic E-state index is 13.0. The summed E-state index contributed by atoms with van der Waals surface area (Å²) in [6, 6.07) is 9.15. The van der Waals surface area contributed by atoms with Crippen molar-refractivity contribution < 1.29 is 24.1 Å². The molecule has 31 heavy (non-hydrogen) atoms. The van der Waals surface area contributed by atoms with E-state index in [4.69, 9.17) is 14.2 Å². The summed E-state index contributed by atoms with van der Waals surface area (Å²) in [5, 5.41) is 13.7. The highest BCUT2D eigenvalue weighted by molar-refractivity contribution is 6.01. The van der Waals surface area contributed by atoms with Crippen LogP contribution in [-0.2, 0) is 14.9 Å². The number of hydrogen-bond donors (Lipinski definition) is 2. The molecule has 1 fully saturated rings. The third kappa shape index (κ3) is 3.60. The van der Waals surface area contributed by atoms with E-state index in [9.17, 15) is 9.90 Å². The molecule has 3 aliphatic rings. The molecule has 2 N–H and O–H groups in total. The Labute approximate surface area is 180 Å². The number of amides is 1. The number of pyridine rings is 1. The number of methoxy groups -OCH3 is 1. The lowest BCUT2D eigenvalue weighted by atomic mass is 9.93. The van der Waals surface area contributed by atoms with Gasteiger partial charge in [0.2, 0.25) is 12.7 Å². The van der Waals surface area contributed by atoms with Gasteiger partial charge in [-0.3, -0.25) is 4.79 Å². The number of nitrogens with zero attached hydrogens (tertiary/aromatic N) is 1. The molecule has 1 aromatic heterocycles. The highest BCUT2D eigenvalue weighted by Crippen LogP contribution is 2.51. The summed E-state index contributed by atoms with van der Waals surface area (Å²) < 4.78 is 16.3. The summed E-state index contributed by atoms with van der Waals surface area (Å²) in [6.45, 7) is 0.207. The molecule has 0 bridgehead atoms. The molecule has 1 aromatic carbocycles. The van der Waals surface area contributed by atoms with E-state index in [1.807, 2.05) is 36.4 Å². The number of anilines is 1. The minimum atomic E-state index is -0.810. The van der Waals surface area contributed by atoms with Crippen molar-refractivity contribution in [1.82, 2.24) is 4.98 Å². The van der Waals surface area contributed by atoms with Crippen LogP contribution in [0, 0.1) is 0 Å². The number of carbonyl (C=O) groups is 1. The zero-order valence-corrected chi connectivity index (χ0v) is 17.2. The van der Waals surface area contributed by atoms with Crippen LogP contribution in [-0.4, -0.2) is 36.0 Å². The minimum Gasteiger partial charge on any atom is -0.454 e. The van der Waals surface area contributed by atoms with Crippen molar-refractivity contribution in [3.8, 4) is 11.5 Å². The van der Waals surface area contributed by atoms with E-state index in [2.05, 4.69) is 10.3 Å². The number of fused-ring (bicyclic) bond motifs is 1. The van der Waals surface area contributed by atoms with Gasteiger partial charge in [-0.05, 0) is 48.6 Å². The number of aromatic nitrogens is 1. The Morgan fingerprint density at radius 2 is 2.10 bits per heavy atom. The Morgan fingerprint density at radius 3 is 2.84 bits per heavy atom. The average molecular weight is 420 g/mol. The summed E-state index contributed by atoms with van der Waals surface area (Å²) in [7, 11) is 1.63. The average Bonchev–Trinajstić information content (AvgIpc) is 3.50. The molecular formula is C24H24N2O5. The van der Waals surface area contributed by atoms with Crippen LogP contribution >= 0.6 is 0 Å². The fourth-order valence-electron chi connectivity index (χ4n) is 4.16. The first kappa shape index (κ1) is 19.8. The molecule has 0 spiro atoms. The Hall–Kier alpha value is -3.16. The van der Waals surface area contributed by atoms with Crippen LogP contribution in [0.5, 0.6) is 11.5 Å². The highest BCUT2D eigenvalue weighted by Gasteiger charge is 2.51. The van der Waals surface area contributed by atoms with Gasteiger partial charge in [0.25, 0.3) is 0 Å². The molecule has 0 radical (unpaired) electrons. The Bertz CT molecular complexity index is 1060. The third-order valence-corrected chi connectivity index (χ3v) is 6.20. The summed E-state index contributed by atoms with van der Waals surface area (Å²) in [6.07, 6.45) is 8.70. The minimum absolute atomic E-state index is 0.0910. The van der Waals surface area contributed by atoms with E-state index in [1.54, 1.807) is 25.4 Å². The maximum Gasteiger partial charge on any atom is 0.236 e. The molecule has 2 atom stereocenters. The van der Waals surface area contributed by atoms with Gasteiger partial charge in [-0.2, -0.15) is 0 Å². The first-order chi connectivity index (χ1) is 15.1. The van der Waals surface area contributed by atoms with Gasteiger partial charge in [0, 0.05) is 18.9 Å². The third-order valence-electron chi connectivity index (χ3n) is 6.20. The van der Waals surface area contributed by atoms with Crippen LogP contribution in [0.4, 0.5) is 5.82 Å². The van der Waals surface area contributed by atoms with Crippen molar-refractivity contribution >= 4 is 11.7 Å². The zero-order chi connectivity index (χ0) is 21.4. The summed E-state index contributed by atoms with van der Waals surface area (Å²) in [5.74, 6) is 1.74. The monoisotopic (exact) mass is 420 g/mol. The molecule has 2 heterocycles. The van der Waals surface area contributed by atoms with E-state index >= 15 is 0 Å². The van der Waals surface area contributed by atoms with Gasteiger partial charge in [-0.25, -0.2) is 4.98 Å². The van der Waals surface area contributed by atoms with Crippen LogP contribution < -0.4 is 14.8 Å². The molecule has 1 aliphatic heterocycles. The van der Waals surface area contributed by atoms with Crippen molar-refractivity contribution in [3.63, 3.8) is 0 Å². The van der Waals surface area contributed by atoms with Crippen LogP contribution in [0.3, 0.4) is 0 Å². The predicted molar refractivity (Wildman–Crippen MR) is 114 cm³/mol. The predicted octanol–water partition coefficient (Wildman–Crippen LogP) is 3.42. The SMILES string of the molecule is COC1CC=CC=C1C(O)c1ccc(NC(=O)C2(c3ccc4c(c3)OCO4)CC2)nc1. The fraction of sp³-hybridized carbons (Fsp3) is 0.333. The van der Waals surface area contributed by atoms with Crippen LogP contribution in [0.2, 0.25) is 0 Å². The van der Waals surface area contributed by atoms with Crippen molar-refractivity contribution in [1.29, 1.82) is 0 Å². The largest absolute Gasteiger partial charge is 0.454 e. The van der Waals surface area contributed by atoms with Crippen LogP contribution in [0.25, 0.3) is 0 Å². The Kier molecular flexibility index (Phi) is 5.00. The normalized spacial score (nSPS) is 21.4. The van der Waals surface area contributed by atoms with Crippen molar-refractivity contribution in [2.75, 3.05) is 19.2 Å². The molecule has 0 saturated heterocycles. The first-order valence-corrected chi connectivity index (χ1v) is 10.4. The first-order valence-electron chi connectivity index (χ1n) is 10.4. The second kappa shape index (κ2) is 7.83. The number of aliphatic hydroxyl groups is 1. The van der Waals surface area contributed by atoms with E-state index in [-0.39, 0.29) is 18.8 Å². The van der Waals surface area contributed by atoms with Crippen LogP contribution in [0.1, 0.15) is 36.5 Å². The molecule has 1 amide bonds. The Morgan fingerprint density at radius 1 is 1.26 bits per heavy atom. The van der Waals surface area contributed by atoms with Crippen molar-refractivity contribution in [3.05, 3.63) is 71.5 Å². The second-order valence-corrected chi connectivity index (χ2v) is 8.04. The number of benzene rings is 1. The van der Waals surface area contributed by atoms with Gasteiger partial charge >= 0.3 is 0 Å². The topological polar surface area (TPSA) is 89.9 Å². The van der Waals surface area contributed by atoms with Crippen molar-refractivity contribution in [2.45, 2.75) is 36.9 Å². The molecule has 7 nitrogen and oxygen atoms in total. The molecular weight excluding hydrogens is 396 g/mol. The smallest absolute Gasteiger partial charge is 0.236 e. The van der Waals surface area contributed by atoms with Gasteiger partial charge in [0.05, 0.1) is 11.5 Å². The van der Waals surface area contributed by atoms with E-state index in [0.717, 1.165) is 30.4 Å². The van der Waals surface area contributed by atoms with Gasteiger partial charge in [0.1, 0.15) is 11.9 Å². The number of hydrogen-bond acceptors (Lipinski definition) is 6. The fourth-order valence-corrected chi connectivity index (χ4v) is 4.16. The molecule has 7 heteroatoms. The summed E-state index contributed by atoms with van der Waals surface area (Å²) in [4.78, 5) is 17.4. The lowest BCUT2D eigenvalue weighted by molar-refractivity contribution is -0.118. The number of carbonyl (C=O) groups excluding carboxylic acids is 1. The quantitative estimate of drug-likeness (QED) is 0.744. The zero-order valence-electron chi connectivity index (χ0n) is 17.2. The van der Waals surface area contributed by atoms with Crippen LogP contribution in [0.15, 0.2) is 60.3 Å². The highest BCUT2D eigenvalue weighted by atomic mass is 16.7. The lowest BCUT2D eigenvalue weighted by Crippen LogP contribution is -2.28. The van der Waals surface area contributed by atoms with Gasteiger partial charge in [-0.15, -0.1) is 0 Å². The van der Waals surface area contributed by atoms with Gasteiger partial charge in [-0.1, -0.05) is 30.4 Å². The maximum atomic E-state index is 13.0. The second-order valence-electron chi connectivity index (χ2n) is 8.04. The van der Waals surface area contributed by atoms with Gasteiger partial charge in [0.15, 0.2) is 11.5 Å². The molecule has 2 aliphatic carbocycles. The standard InChI is InChI=1S/C24H24N2O5/c1-29-18-5-3-2-4-17(18)22(27)15-6-9-21(25-13-15)26-23(28)24(10-11-24)16-7-8-19-20(12-16)31-14-30-19/h2-4,6-9,12-13,18,22,27H,5,10-11,14H2,1H3,(H,25,26,28). The number of ether oxygens (including phenoxy) is 3.